The number of nitrogens with zero attached hydrogens (tertiary/aromatic N) is 2. The van der Waals surface area contributed by atoms with E-state index in [0.29, 0.717) is 18.7 Å². The molecule has 10 heteroatoms. The maximum Gasteiger partial charge on any atom is 0.338 e. The van der Waals surface area contributed by atoms with E-state index in [4.69, 9.17) is 10.6 Å². The molecule has 0 saturated carbocycles. The maximum atomic E-state index is 12.7. The highest BCUT2D eigenvalue weighted by Gasteiger charge is 2.29. The molecule has 2 amide bonds. The van der Waals surface area contributed by atoms with Crippen molar-refractivity contribution >= 4 is 29.4 Å². The fourth-order valence-corrected chi connectivity index (χ4v) is 3.84. The number of carbonyl (C=O) groups is 4. The quantitative estimate of drug-likeness (QED) is 0.522. The van der Waals surface area contributed by atoms with E-state index in [2.05, 4.69) is 0 Å². The van der Waals surface area contributed by atoms with Crippen molar-refractivity contribution < 1.29 is 34.2 Å². The molecule has 170 valence electrons. The second-order valence-electron chi connectivity index (χ2n) is 7.47. The summed E-state index contributed by atoms with van der Waals surface area (Å²) in [5.41, 5.74) is 5.75. The predicted octanol–water partition coefficient (Wildman–Crippen LogP) is 1.72. The van der Waals surface area contributed by atoms with Crippen LogP contribution in [0.15, 0.2) is 24.3 Å². The Morgan fingerprint density at radius 3 is 2.00 bits per heavy atom. The predicted molar refractivity (Wildman–Crippen MR) is 114 cm³/mol. The average molecular weight is 443 g/mol. The van der Waals surface area contributed by atoms with Gasteiger partial charge < -0.3 is 20.8 Å². The summed E-state index contributed by atoms with van der Waals surface area (Å²) in [5, 5.41) is 20.0. The Labute approximate surface area is 184 Å². The van der Waals surface area contributed by atoms with Gasteiger partial charge in [0.2, 0.25) is 0 Å². The van der Waals surface area contributed by atoms with Crippen molar-refractivity contribution in [3.8, 4) is 11.1 Å². The number of aromatic carboxylic acids is 2. The molecule has 1 fully saturated rings. The van der Waals surface area contributed by atoms with E-state index in [1.54, 1.807) is 24.0 Å². The van der Waals surface area contributed by atoms with Crippen LogP contribution in [0, 0.1) is 0 Å². The van der Waals surface area contributed by atoms with Gasteiger partial charge in [-0.25, -0.2) is 14.7 Å². The third-order valence-corrected chi connectivity index (χ3v) is 5.45. The van der Waals surface area contributed by atoms with Crippen molar-refractivity contribution in [1.29, 1.82) is 0 Å². The zero-order valence-corrected chi connectivity index (χ0v) is 17.7. The SMILES string of the molecule is CCN(OCC(=O)N1CCCC1)C(=O)Cc1ccc2c(C(=O)O)c(N)c(C(=O)O)c-2cc1. The van der Waals surface area contributed by atoms with Gasteiger partial charge >= 0.3 is 11.9 Å². The molecular weight excluding hydrogens is 418 g/mol. The number of nitrogen functional groups attached to an aromatic ring is 1. The first-order chi connectivity index (χ1) is 15.2. The number of fused-ring (bicyclic) bond motifs is 1. The molecule has 0 bridgehead atoms. The molecule has 3 rings (SSSR count). The third kappa shape index (κ3) is 4.65. The monoisotopic (exact) mass is 443 g/mol. The summed E-state index contributed by atoms with van der Waals surface area (Å²) in [7, 11) is 0. The second kappa shape index (κ2) is 9.65. The van der Waals surface area contributed by atoms with Crippen molar-refractivity contribution in [2.45, 2.75) is 26.2 Å². The van der Waals surface area contributed by atoms with Crippen molar-refractivity contribution in [2.75, 3.05) is 32.0 Å². The van der Waals surface area contributed by atoms with Gasteiger partial charge in [-0.15, -0.1) is 0 Å². The summed E-state index contributed by atoms with van der Waals surface area (Å²) in [6.07, 6.45) is 1.84. The minimum absolute atomic E-state index is 0.0800. The van der Waals surface area contributed by atoms with E-state index in [9.17, 15) is 29.4 Å². The van der Waals surface area contributed by atoms with Gasteiger partial charge in [-0.2, -0.15) is 0 Å². The molecule has 32 heavy (non-hydrogen) atoms. The number of likely N-dealkylation sites (N-methyl/N-ethyl adjacent to an activating group) is 1. The summed E-state index contributed by atoms with van der Waals surface area (Å²) in [4.78, 5) is 55.2. The van der Waals surface area contributed by atoms with Gasteiger partial charge in [0.1, 0.15) is 0 Å². The van der Waals surface area contributed by atoms with E-state index < -0.39 is 11.9 Å². The summed E-state index contributed by atoms with van der Waals surface area (Å²) in [6, 6.07) is 5.97. The summed E-state index contributed by atoms with van der Waals surface area (Å²) < 4.78 is 0. The van der Waals surface area contributed by atoms with E-state index in [1.165, 1.54) is 12.1 Å². The Bertz CT molecular complexity index is 979. The van der Waals surface area contributed by atoms with Crippen LogP contribution in [0.1, 0.15) is 46.0 Å². The molecule has 3 aliphatic rings. The molecule has 0 aromatic rings. The van der Waals surface area contributed by atoms with Gasteiger partial charge in [-0.05, 0) is 36.5 Å². The Balaban J connectivity index is 1.78. The van der Waals surface area contributed by atoms with Crippen LogP contribution in [-0.4, -0.2) is 70.2 Å². The summed E-state index contributed by atoms with van der Waals surface area (Å²) in [5.74, 6) is -3.23. The van der Waals surface area contributed by atoms with Crippen molar-refractivity contribution in [3.63, 3.8) is 0 Å². The van der Waals surface area contributed by atoms with Crippen LogP contribution in [0.4, 0.5) is 5.69 Å². The second-order valence-corrected chi connectivity index (χ2v) is 7.47. The summed E-state index contributed by atoms with van der Waals surface area (Å²) >= 11 is 0. The first kappa shape index (κ1) is 23.0. The molecule has 4 N–H and O–H groups in total. The van der Waals surface area contributed by atoms with Crippen LogP contribution in [0.25, 0.3) is 11.1 Å². The lowest BCUT2D eigenvalue weighted by atomic mass is 10.1. The molecule has 0 aromatic heterocycles. The van der Waals surface area contributed by atoms with E-state index in [1.807, 2.05) is 0 Å². The minimum atomic E-state index is -1.34. The molecule has 1 aliphatic heterocycles. The molecule has 0 aromatic carbocycles. The highest BCUT2D eigenvalue weighted by Crippen LogP contribution is 2.38. The van der Waals surface area contributed by atoms with Crippen molar-refractivity contribution in [1.82, 2.24) is 9.96 Å². The lowest BCUT2D eigenvalue weighted by molar-refractivity contribution is -0.188. The number of carbonyl (C=O) groups excluding carboxylic acids is 2. The Hall–Kier alpha value is -3.66. The molecule has 1 saturated heterocycles. The fraction of sp³-hybridized carbons (Fsp3) is 0.364. The topological polar surface area (TPSA) is 150 Å². The van der Waals surface area contributed by atoms with Crippen molar-refractivity contribution in [3.05, 3.63) is 41.0 Å². The van der Waals surface area contributed by atoms with Crippen LogP contribution in [0.5, 0.6) is 0 Å². The number of hydrogen-bond acceptors (Lipinski definition) is 6. The van der Waals surface area contributed by atoms with Crippen LogP contribution in [0.3, 0.4) is 0 Å². The first-order valence-electron chi connectivity index (χ1n) is 10.3. The van der Waals surface area contributed by atoms with E-state index >= 15 is 0 Å². The lowest BCUT2D eigenvalue weighted by Crippen LogP contribution is -2.38. The third-order valence-electron chi connectivity index (χ3n) is 5.45. The molecule has 0 spiro atoms. The maximum absolute atomic E-state index is 12.7. The van der Waals surface area contributed by atoms with Crippen molar-refractivity contribution in [2.24, 2.45) is 0 Å². The van der Waals surface area contributed by atoms with Gasteiger partial charge in [0.25, 0.3) is 11.8 Å². The van der Waals surface area contributed by atoms with Gasteiger partial charge in [-0.1, -0.05) is 24.3 Å². The fourth-order valence-electron chi connectivity index (χ4n) is 3.84. The van der Waals surface area contributed by atoms with Gasteiger partial charge in [0.05, 0.1) is 23.2 Å². The zero-order valence-electron chi connectivity index (χ0n) is 17.7. The highest BCUT2D eigenvalue weighted by atomic mass is 16.7. The van der Waals surface area contributed by atoms with Gasteiger partial charge in [0.15, 0.2) is 6.61 Å². The zero-order chi connectivity index (χ0) is 23.4. The Morgan fingerprint density at radius 2 is 1.53 bits per heavy atom. The normalized spacial score (nSPS) is 13.3. The number of likely N-dealkylation sites (tertiary alicyclic amines) is 1. The smallest absolute Gasteiger partial charge is 0.338 e. The van der Waals surface area contributed by atoms with E-state index in [-0.39, 0.29) is 59.3 Å². The molecule has 2 aliphatic carbocycles. The number of carboxylic acid groups (broad SMARTS) is 2. The number of hydroxylamine groups is 2. The van der Waals surface area contributed by atoms with Crippen LogP contribution < -0.4 is 5.73 Å². The Morgan fingerprint density at radius 1 is 1.00 bits per heavy atom. The highest BCUT2D eigenvalue weighted by molar-refractivity contribution is 6.14. The first-order valence-corrected chi connectivity index (χ1v) is 10.3. The number of carboxylic acids is 2. The van der Waals surface area contributed by atoms with Crippen LogP contribution in [0.2, 0.25) is 0 Å². The molecule has 0 radical (unpaired) electrons. The number of hydrogen-bond donors (Lipinski definition) is 3. The average Bonchev–Trinajstić information content (AvgIpc) is 3.31. The number of nitrogens with two attached hydrogens (primary N) is 1. The molecule has 0 atom stereocenters. The standard InChI is InChI=1S/C22H25N3O7/c1-2-25(32-12-17(27)24-9-3-4-10-24)16(26)11-13-5-7-14-15(8-6-13)19(22(30)31)20(23)18(14)21(28)29/h5-8H,2-4,9-12,23H2,1H3,(H,28,29)(H,30,31). The van der Waals surface area contributed by atoms with Crippen LogP contribution in [-0.2, 0) is 20.8 Å². The van der Waals surface area contributed by atoms with Gasteiger partial charge in [0, 0.05) is 19.6 Å². The molecular formula is C22H25N3O7. The van der Waals surface area contributed by atoms with Gasteiger partial charge in [-0.3, -0.25) is 14.4 Å². The Kier molecular flexibility index (Phi) is 6.94. The number of rotatable bonds is 8. The summed E-state index contributed by atoms with van der Waals surface area (Å²) in [6.45, 7) is 3.12. The van der Waals surface area contributed by atoms with Crippen LogP contribution >= 0.6 is 0 Å². The molecule has 1 heterocycles. The minimum Gasteiger partial charge on any atom is -0.478 e. The largest absolute Gasteiger partial charge is 0.478 e. The molecule has 0 unspecified atom stereocenters. The number of anilines is 1. The number of amides is 2. The molecule has 10 nitrogen and oxygen atoms in total. The van der Waals surface area contributed by atoms with E-state index in [0.717, 1.165) is 17.9 Å². The lowest BCUT2D eigenvalue weighted by Gasteiger charge is -2.22.